The molecule has 0 spiro atoms. The Morgan fingerprint density at radius 3 is 1.68 bits per heavy atom. The zero-order chi connectivity index (χ0) is 39.7. The van der Waals surface area contributed by atoms with E-state index in [0.29, 0.717) is 0 Å². The summed E-state index contributed by atoms with van der Waals surface area (Å²) in [5, 5.41) is 14.7. The minimum atomic E-state index is -0.0706. The van der Waals surface area contributed by atoms with Crippen LogP contribution in [0.4, 0.5) is 0 Å². The monoisotopic (exact) mass is 762 g/mol. The first-order valence-electron chi connectivity index (χ1n) is 21.0. The van der Waals surface area contributed by atoms with E-state index in [0.717, 1.165) is 16.6 Å². The second kappa shape index (κ2) is 12.3. The van der Waals surface area contributed by atoms with Crippen molar-refractivity contribution >= 4 is 75.8 Å². The summed E-state index contributed by atoms with van der Waals surface area (Å²) in [5.41, 5.74) is 14.6. The van der Waals surface area contributed by atoms with Gasteiger partial charge in [-0.05, 0) is 128 Å². The molecule has 1 aliphatic carbocycles. The SMILES string of the molecule is CC1(C)c2ccccc2-c2c1ccc1oc3c4cc(-c5ccc(-c6c7ccccc7c(-c7ccc8ccccc8c7)c7ccccc67)c6ccccc56)ccc4ccc3c21. The van der Waals surface area contributed by atoms with Crippen molar-refractivity contribution in [3.05, 3.63) is 205 Å². The molecule has 280 valence electrons. The fourth-order valence-corrected chi connectivity index (χ4v) is 10.8. The molecule has 1 aromatic heterocycles. The fourth-order valence-electron chi connectivity index (χ4n) is 10.8. The van der Waals surface area contributed by atoms with Crippen LogP contribution in [0.2, 0.25) is 0 Å². The highest BCUT2D eigenvalue weighted by atomic mass is 16.3. The van der Waals surface area contributed by atoms with Crippen molar-refractivity contribution in [3.63, 3.8) is 0 Å². The van der Waals surface area contributed by atoms with Gasteiger partial charge in [0.2, 0.25) is 0 Å². The lowest BCUT2D eigenvalue weighted by atomic mass is 9.82. The van der Waals surface area contributed by atoms with E-state index >= 15 is 0 Å². The average molecular weight is 763 g/mol. The molecule has 0 aliphatic heterocycles. The van der Waals surface area contributed by atoms with Gasteiger partial charge in [0, 0.05) is 21.6 Å². The van der Waals surface area contributed by atoms with Gasteiger partial charge < -0.3 is 4.42 Å². The first kappa shape index (κ1) is 33.5. The summed E-state index contributed by atoms with van der Waals surface area (Å²) >= 11 is 0. The molecule has 0 fully saturated rings. The van der Waals surface area contributed by atoms with Crippen LogP contribution in [0.5, 0.6) is 0 Å². The fraction of sp³-hybridized carbons (Fsp3) is 0.0508. The molecule has 0 unspecified atom stereocenters. The lowest BCUT2D eigenvalue weighted by molar-refractivity contribution is 0.657. The van der Waals surface area contributed by atoms with Crippen LogP contribution in [0.1, 0.15) is 25.0 Å². The molecule has 13 rings (SSSR count). The van der Waals surface area contributed by atoms with Crippen LogP contribution in [0.25, 0.3) is 120 Å². The van der Waals surface area contributed by atoms with Gasteiger partial charge in [-0.2, -0.15) is 0 Å². The third kappa shape index (κ3) is 4.58. The highest BCUT2D eigenvalue weighted by molar-refractivity contribution is 6.25. The molecule has 0 saturated heterocycles. The van der Waals surface area contributed by atoms with E-state index in [4.69, 9.17) is 4.42 Å². The zero-order valence-corrected chi connectivity index (χ0v) is 33.4. The second-order valence-corrected chi connectivity index (χ2v) is 17.1. The number of fused-ring (bicyclic) bond motifs is 13. The van der Waals surface area contributed by atoms with E-state index in [1.807, 2.05) is 0 Å². The number of furan rings is 1. The van der Waals surface area contributed by atoms with Crippen molar-refractivity contribution in [1.82, 2.24) is 0 Å². The molecule has 1 aliphatic rings. The number of rotatable bonds is 3. The topological polar surface area (TPSA) is 13.1 Å². The van der Waals surface area contributed by atoms with E-state index < -0.39 is 0 Å². The lowest BCUT2D eigenvalue weighted by Gasteiger charge is -2.21. The molecular formula is C59H38O. The Kier molecular flexibility index (Phi) is 6.85. The van der Waals surface area contributed by atoms with Gasteiger partial charge in [0.15, 0.2) is 0 Å². The quantitative estimate of drug-likeness (QED) is 0.163. The Morgan fingerprint density at radius 2 is 0.917 bits per heavy atom. The van der Waals surface area contributed by atoms with Gasteiger partial charge in [-0.25, -0.2) is 0 Å². The van der Waals surface area contributed by atoms with Crippen LogP contribution in [0.3, 0.4) is 0 Å². The number of benzene rings is 11. The van der Waals surface area contributed by atoms with E-state index in [9.17, 15) is 0 Å². The van der Waals surface area contributed by atoms with Crippen LogP contribution in [0, 0.1) is 0 Å². The minimum Gasteiger partial charge on any atom is -0.455 e. The molecule has 1 nitrogen and oxygen atoms in total. The molecule has 0 N–H and O–H groups in total. The largest absolute Gasteiger partial charge is 0.455 e. The zero-order valence-electron chi connectivity index (χ0n) is 33.4. The summed E-state index contributed by atoms with van der Waals surface area (Å²) in [7, 11) is 0. The van der Waals surface area contributed by atoms with E-state index in [-0.39, 0.29) is 5.41 Å². The first-order valence-corrected chi connectivity index (χ1v) is 21.0. The van der Waals surface area contributed by atoms with E-state index in [1.165, 1.54) is 115 Å². The summed E-state index contributed by atoms with van der Waals surface area (Å²) in [6, 6.07) is 71.9. The predicted octanol–water partition coefficient (Wildman–Crippen LogP) is 16.7. The molecule has 0 radical (unpaired) electrons. The van der Waals surface area contributed by atoms with Crippen LogP contribution in [0.15, 0.2) is 199 Å². The summed E-state index contributed by atoms with van der Waals surface area (Å²) in [6.45, 7) is 4.68. The Bertz CT molecular complexity index is 3750. The normalized spacial score (nSPS) is 13.3. The molecule has 1 heterocycles. The first-order chi connectivity index (χ1) is 29.5. The van der Waals surface area contributed by atoms with Gasteiger partial charge >= 0.3 is 0 Å². The Labute approximate surface area is 347 Å². The molecule has 0 atom stereocenters. The summed E-state index contributed by atoms with van der Waals surface area (Å²) in [6.07, 6.45) is 0. The van der Waals surface area contributed by atoms with Gasteiger partial charge in [0.1, 0.15) is 11.2 Å². The van der Waals surface area contributed by atoms with Crippen LogP contribution in [-0.4, -0.2) is 0 Å². The van der Waals surface area contributed by atoms with Crippen molar-refractivity contribution in [1.29, 1.82) is 0 Å². The molecule has 12 aromatic rings. The van der Waals surface area contributed by atoms with Gasteiger partial charge in [-0.15, -0.1) is 0 Å². The lowest BCUT2D eigenvalue weighted by Crippen LogP contribution is -2.14. The van der Waals surface area contributed by atoms with Gasteiger partial charge in [0.25, 0.3) is 0 Å². The Balaban J connectivity index is 1.02. The molecule has 0 saturated carbocycles. The summed E-state index contributed by atoms with van der Waals surface area (Å²) in [4.78, 5) is 0. The number of hydrogen-bond acceptors (Lipinski definition) is 1. The third-order valence-corrected chi connectivity index (χ3v) is 13.6. The van der Waals surface area contributed by atoms with Gasteiger partial charge in [0.05, 0.1) is 0 Å². The maximum Gasteiger partial charge on any atom is 0.143 e. The van der Waals surface area contributed by atoms with Crippen molar-refractivity contribution in [2.45, 2.75) is 19.3 Å². The van der Waals surface area contributed by atoms with Gasteiger partial charge in [-0.3, -0.25) is 0 Å². The maximum atomic E-state index is 6.87. The van der Waals surface area contributed by atoms with Crippen molar-refractivity contribution in [2.24, 2.45) is 0 Å². The Morgan fingerprint density at radius 1 is 0.333 bits per heavy atom. The molecule has 0 bridgehead atoms. The molecule has 1 heteroatoms. The van der Waals surface area contributed by atoms with E-state index in [1.54, 1.807) is 0 Å². The standard InChI is InChI=1S/C59H38O/c1-59(2)51-22-12-11-21-48(51)56-52(59)31-32-53-57(56)49-28-27-36-24-25-38(34-50(36)58(49)60-53)40-29-30-47(42-16-6-5-15-41(40)42)55-45-19-9-7-17-43(45)54(44-18-8-10-20-46(44)55)39-26-23-35-13-3-4-14-37(35)33-39/h3-34H,1-2H3. The highest BCUT2D eigenvalue weighted by Crippen LogP contribution is 2.54. The third-order valence-electron chi connectivity index (χ3n) is 13.6. The molecule has 11 aromatic carbocycles. The Hall–Kier alpha value is -7.48. The minimum absolute atomic E-state index is 0.0706. The highest BCUT2D eigenvalue weighted by Gasteiger charge is 2.37. The van der Waals surface area contributed by atoms with Gasteiger partial charge in [-0.1, -0.05) is 184 Å². The molecular weight excluding hydrogens is 725 g/mol. The van der Waals surface area contributed by atoms with Crippen molar-refractivity contribution in [3.8, 4) is 44.5 Å². The van der Waals surface area contributed by atoms with E-state index in [2.05, 4.69) is 208 Å². The smallest absolute Gasteiger partial charge is 0.143 e. The summed E-state index contributed by atoms with van der Waals surface area (Å²) < 4.78 is 6.87. The second-order valence-electron chi connectivity index (χ2n) is 17.1. The van der Waals surface area contributed by atoms with Crippen LogP contribution >= 0.6 is 0 Å². The average Bonchev–Trinajstić information content (AvgIpc) is 3.80. The molecule has 0 amide bonds. The predicted molar refractivity (Wildman–Crippen MR) is 255 cm³/mol. The maximum absolute atomic E-state index is 6.87. The summed E-state index contributed by atoms with van der Waals surface area (Å²) in [5.74, 6) is 0. The van der Waals surface area contributed by atoms with Crippen LogP contribution < -0.4 is 0 Å². The van der Waals surface area contributed by atoms with Crippen LogP contribution in [-0.2, 0) is 5.41 Å². The van der Waals surface area contributed by atoms with Crippen molar-refractivity contribution in [2.75, 3.05) is 0 Å². The number of hydrogen-bond donors (Lipinski definition) is 0. The molecule has 60 heavy (non-hydrogen) atoms. The van der Waals surface area contributed by atoms with Crippen molar-refractivity contribution < 1.29 is 4.42 Å².